The lowest BCUT2D eigenvalue weighted by molar-refractivity contribution is 0.548. The van der Waals surface area contributed by atoms with Gasteiger partial charge in [-0.3, -0.25) is 0 Å². The van der Waals surface area contributed by atoms with Crippen LogP contribution in [0.2, 0.25) is 0 Å². The van der Waals surface area contributed by atoms with Gasteiger partial charge in [0.05, 0.1) is 0 Å². The van der Waals surface area contributed by atoms with Gasteiger partial charge in [-0.05, 0) is 36.0 Å². The quantitative estimate of drug-likeness (QED) is 0.789. The van der Waals surface area contributed by atoms with Gasteiger partial charge in [-0.2, -0.15) is 0 Å². The van der Waals surface area contributed by atoms with Crippen LogP contribution in [0.4, 0.5) is 5.82 Å². The average Bonchev–Trinajstić information content (AvgIpc) is 2.37. The van der Waals surface area contributed by atoms with Crippen molar-refractivity contribution in [2.24, 2.45) is 17.6 Å². The lowest BCUT2D eigenvalue weighted by Gasteiger charge is -2.28. The molecule has 0 aliphatic carbocycles. The molecule has 3 nitrogen and oxygen atoms in total. The van der Waals surface area contributed by atoms with Gasteiger partial charge in [0.1, 0.15) is 5.82 Å². The predicted molar refractivity (Wildman–Crippen MR) is 88.0 cm³/mol. The summed E-state index contributed by atoms with van der Waals surface area (Å²) in [6, 6.07) is 4.31. The predicted octanol–water partition coefficient (Wildman–Crippen LogP) is 3.61. The molecular weight excluding hydrogens is 246 g/mol. The maximum absolute atomic E-state index is 5.84. The minimum atomic E-state index is 0.587. The molecule has 0 atom stereocenters. The zero-order valence-corrected chi connectivity index (χ0v) is 13.8. The van der Waals surface area contributed by atoms with Gasteiger partial charge < -0.3 is 10.6 Å². The van der Waals surface area contributed by atoms with Gasteiger partial charge in [0, 0.05) is 25.3 Å². The molecule has 3 heteroatoms. The van der Waals surface area contributed by atoms with Crippen molar-refractivity contribution in [2.75, 3.05) is 18.0 Å². The number of aryl methyl sites for hydroxylation is 1. The van der Waals surface area contributed by atoms with Crippen molar-refractivity contribution >= 4 is 5.82 Å². The summed E-state index contributed by atoms with van der Waals surface area (Å²) in [5, 5.41) is 0. The molecule has 114 valence electrons. The number of anilines is 1. The molecule has 0 saturated carbocycles. The molecule has 0 amide bonds. The number of nitrogens with two attached hydrogens (primary N) is 1. The fraction of sp³-hybridized carbons (Fsp3) is 0.706. The highest BCUT2D eigenvalue weighted by atomic mass is 15.2. The van der Waals surface area contributed by atoms with E-state index in [-0.39, 0.29) is 0 Å². The second-order valence-corrected chi connectivity index (χ2v) is 6.47. The molecule has 1 heterocycles. The van der Waals surface area contributed by atoms with Crippen molar-refractivity contribution in [2.45, 2.75) is 54.0 Å². The standard InChI is InChI=1S/C17H31N3/c1-6-7-16-8-15(10-18)9-17(19-16)20(11-13(2)3)12-14(4)5/h8-9,13-14H,6-7,10-12,18H2,1-5H3. The van der Waals surface area contributed by atoms with Gasteiger partial charge >= 0.3 is 0 Å². The van der Waals surface area contributed by atoms with Crippen LogP contribution >= 0.6 is 0 Å². The Balaban J connectivity index is 3.06. The van der Waals surface area contributed by atoms with Crippen LogP contribution in [-0.4, -0.2) is 18.1 Å². The molecule has 1 aromatic rings. The van der Waals surface area contributed by atoms with E-state index in [9.17, 15) is 0 Å². The van der Waals surface area contributed by atoms with Crippen molar-refractivity contribution in [1.29, 1.82) is 0 Å². The van der Waals surface area contributed by atoms with E-state index in [1.54, 1.807) is 0 Å². The Hall–Kier alpha value is -1.09. The van der Waals surface area contributed by atoms with E-state index in [1.807, 2.05) is 0 Å². The Morgan fingerprint density at radius 2 is 1.70 bits per heavy atom. The van der Waals surface area contributed by atoms with Crippen LogP contribution in [0.25, 0.3) is 0 Å². The molecule has 0 saturated heterocycles. The molecule has 0 aromatic carbocycles. The molecule has 0 spiro atoms. The van der Waals surface area contributed by atoms with Gasteiger partial charge in [0.25, 0.3) is 0 Å². The molecule has 0 fully saturated rings. The van der Waals surface area contributed by atoms with Crippen LogP contribution in [0.15, 0.2) is 12.1 Å². The van der Waals surface area contributed by atoms with Gasteiger partial charge in [0.2, 0.25) is 0 Å². The lowest BCUT2D eigenvalue weighted by atomic mass is 10.1. The minimum Gasteiger partial charge on any atom is -0.356 e. The Morgan fingerprint density at radius 3 is 2.15 bits per heavy atom. The van der Waals surface area contributed by atoms with Crippen LogP contribution in [0.3, 0.4) is 0 Å². The van der Waals surface area contributed by atoms with E-state index < -0.39 is 0 Å². The van der Waals surface area contributed by atoms with Gasteiger partial charge in [-0.25, -0.2) is 4.98 Å². The third-order valence-corrected chi connectivity index (χ3v) is 3.16. The number of nitrogens with zero attached hydrogens (tertiary/aromatic N) is 2. The first-order valence-electron chi connectivity index (χ1n) is 7.91. The van der Waals surface area contributed by atoms with E-state index in [4.69, 9.17) is 10.7 Å². The summed E-state index contributed by atoms with van der Waals surface area (Å²) in [5.41, 5.74) is 8.20. The molecule has 1 aromatic heterocycles. The highest BCUT2D eigenvalue weighted by molar-refractivity contribution is 5.43. The van der Waals surface area contributed by atoms with Crippen molar-refractivity contribution < 1.29 is 0 Å². The SMILES string of the molecule is CCCc1cc(CN)cc(N(CC(C)C)CC(C)C)n1. The van der Waals surface area contributed by atoms with E-state index in [0.717, 1.165) is 31.7 Å². The summed E-state index contributed by atoms with van der Waals surface area (Å²) < 4.78 is 0. The van der Waals surface area contributed by atoms with Crippen molar-refractivity contribution in [3.05, 3.63) is 23.4 Å². The van der Waals surface area contributed by atoms with Crippen molar-refractivity contribution in [1.82, 2.24) is 4.98 Å². The second kappa shape index (κ2) is 8.25. The normalized spacial score (nSPS) is 11.4. The summed E-state index contributed by atoms with van der Waals surface area (Å²) in [6.45, 7) is 13.9. The number of aromatic nitrogens is 1. The Labute approximate surface area is 124 Å². The first kappa shape index (κ1) is 17.0. The highest BCUT2D eigenvalue weighted by Gasteiger charge is 2.13. The maximum Gasteiger partial charge on any atom is 0.129 e. The molecule has 0 bridgehead atoms. The molecule has 0 aliphatic heterocycles. The number of rotatable bonds is 8. The Morgan fingerprint density at radius 1 is 1.10 bits per heavy atom. The topological polar surface area (TPSA) is 42.1 Å². The number of hydrogen-bond acceptors (Lipinski definition) is 3. The van der Waals surface area contributed by atoms with Crippen molar-refractivity contribution in [3.8, 4) is 0 Å². The van der Waals surface area contributed by atoms with Crippen LogP contribution in [-0.2, 0) is 13.0 Å². The monoisotopic (exact) mass is 277 g/mol. The Kier molecular flexibility index (Phi) is 7.00. The van der Waals surface area contributed by atoms with E-state index in [1.165, 1.54) is 11.3 Å². The third-order valence-electron chi connectivity index (χ3n) is 3.16. The summed E-state index contributed by atoms with van der Waals surface area (Å²) in [6.07, 6.45) is 2.15. The van der Waals surface area contributed by atoms with E-state index >= 15 is 0 Å². The van der Waals surface area contributed by atoms with Gasteiger partial charge in [-0.1, -0.05) is 41.0 Å². The molecule has 0 aliphatic rings. The first-order chi connectivity index (χ1) is 9.46. The zero-order valence-electron chi connectivity index (χ0n) is 13.8. The maximum atomic E-state index is 5.84. The van der Waals surface area contributed by atoms with Crippen molar-refractivity contribution in [3.63, 3.8) is 0 Å². The van der Waals surface area contributed by atoms with Gasteiger partial charge in [0.15, 0.2) is 0 Å². The van der Waals surface area contributed by atoms with Crippen LogP contribution < -0.4 is 10.6 Å². The number of hydrogen-bond donors (Lipinski definition) is 1. The zero-order chi connectivity index (χ0) is 15.1. The van der Waals surface area contributed by atoms with E-state index in [0.29, 0.717) is 18.4 Å². The Bertz CT molecular complexity index is 389. The second-order valence-electron chi connectivity index (χ2n) is 6.47. The molecule has 0 unspecified atom stereocenters. The number of pyridine rings is 1. The minimum absolute atomic E-state index is 0.587. The largest absolute Gasteiger partial charge is 0.356 e. The molecule has 20 heavy (non-hydrogen) atoms. The fourth-order valence-corrected chi connectivity index (χ4v) is 2.44. The summed E-state index contributed by atoms with van der Waals surface area (Å²) in [4.78, 5) is 7.26. The van der Waals surface area contributed by atoms with E-state index in [2.05, 4.69) is 51.7 Å². The third kappa shape index (κ3) is 5.49. The van der Waals surface area contributed by atoms with Crippen LogP contribution in [0.1, 0.15) is 52.3 Å². The summed E-state index contributed by atoms with van der Waals surface area (Å²) in [5.74, 6) is 2.36. The average molecular weight is 277 g/mol. The smallest absolute Gasteiger partial charge is 0.129 e. The molecule has 1 rings (SSSR count). The summed E-state index contributed by atoms with van der Waals surface area (Å²) >= 11 is 0. The van der Waals surface area contributed by atoms with Gasteiger partial charge in [-0.15, -0.1) is 0 Å². The molecular formula is C17H31N3. The summed E-state index contributed by atoms with van der Waals surface area (Å²) in [7, 11) is 0. The molecule has 0 radical (unpaired) electrons. The lowest BCUT2D eigenvalue weighted by Crippen LogP contribution is -2.32. The molecule has 2 N–H and O–H groups in total. The fourth-order valence-electron chi connectivity index (χ4n) is 2.44. The first-order valence-corrected chi connectivity index (χ1v) is 7.91. The highest BCUT2D eigenvalue weighted by Crippen LogP contribution is 2.19. The van der Waals surface area contributed by atoms with Crippen LogP contribution in [0, 0.1) is 11.8 Å². The van der Waals surface area contributed by atoms with Crippen LogP contribution in [0.5, 0.6) is 0 Å².